The van der Waals surface area contributed by atoms with E-state index in [4.69, 9.17) is 9.47 Å². The Morgan fingerprint density at radius 1 is 1.12 bits per heavy atom. The van der Waals surface area contributed by atoms with Crippen molar-refractivity contribution in [1.29, 1.82) is 0 Å². The number of rotatable bonds is 9. The normalized spacial score (nSPS) is 20.0. The van der Waals surface area contributed by atoms with Crippen LogP contribution in [0.2, 0.25) is 0 Å². The first-order chi connectivity index (χ1) is 20.4. The number of nitrogens with one attached hydrogen (secondary N) is 2. The van der Waals surface area contributed by atoms with Crippen molar-refractivity contribution in [2.75, 3.05) is 18.5 Å². The van der Waals surface area contributed by atoms with Gasteiger partial charge >= 0.3 is 6.09 Å². The molecule has 0 aromatic heterocycles. The maximum Gasteiger partial charge on any atom is 0.408 e. The number of carbonyl (C=O) groups excluding carboxylic acids is 3. The van der Waals surface area contributed by atoms with Crippen LogP contribution in [0.15, 0.2) is 83.9 Å². The van der Waals surface area contributed by atoms with Crippen LogP contribution in [0.3, 0.4) is 0 Å². The third-order valence-electron chi connectivity index (χ3n) is 6.81. The van der Waals surface area contributed by atoms with Gasteiger partial charge in [0.15, 0.2) is 5.17 Å². The fourth-order valence-electron chi connectivity index (χ4n) is 4.57. The number of hydrogen-bond acceptors (Lipinski definition) is 7. The highest BCUT2D eigenvalue weighted by molar-refractivity contribution is 8.15. The van der Waals surface area contributed by atoms with Crippen LogP contribution in [-0.2, 0) is 25.7 Å². The SMILES string of the molecule is C[C@H](NC(=O)OCc1ccccc1)C(=O)Nc1ccc(C2SC(=Nc3cccc(F)c3)N(CC3CCCO3)C2=O)cc1. The molecule has 2 saturated heterocycles. The van der Waals surface area contributed by atoms with Crippen LogP contribution in [0.1, 0.15) is 36.1 Å². The van der Waals surface area contributed by atoms with E-state index in [9.17, 15) is 18.8 Å². The van der Waals surface area contributed by atoms with Gasteiger partial charge in [0.25, 0.3) is 0 Å². The van der Waals surface area contributed by atoms with Crippen LogP contribution in [0, 0.1) is 5.82 Å². The fourth-order valence-corrected chi connectivity index (χ4v) is 5.75. The zero-order valence-corrected chi connectivity index (χ0v) is 23.8. The van der Waals surface area contributed by atoms with Crippen molar-refractivity contribution < 1.29 is 28.2 Å². The molecule has 3 aromatic rings. The zero-order valence-electron chi connectivity index (χ0n) is 23.0. The Kier molecular flexibility index (Phi) is 9.50. The average Bonchev–Trinajstić information content (AvgIpc) is 3.61. The number of alkyl carbamates (subject to hydrolysis) is 1. The zero-order chi connectivity index (χ0) is 29.5. The molecule has 3 aromatic carbocycles. The first-order valence-corrected chi connectivity index (χ1v) is 14.6. The number of nitrogens with zero attached hydrogens (tertiary/aromatic N) is 2. The van der Waals surface area contributed by atoms with Gasteiger partial charge in [-0.1, -0.05) is 60.3 Å². The van der Waals surface area contributed by atoms with E-state index < -0.39 is 29.1 Å². The van der Waals surface area contributed by atoms with E-state index in [0.29, 0.717) is 29.7 Å². The molecule has 0 radical (unpaired) electrons. The maximum atomic E-state index is 13.8. The molecule has 42 heavy (non-hydrogen) atoms. The second-order valence-electron chi connectivity index (χ2n) is 10.00. The quantitative estimate of drug-likeness (QED) is 0.338. The molecule has 9 nitrogen and oxygen atoms in total. The standard InChI is InChI=1S/C31H31FN4O5S/c1-20(33-31(39)41-19-21-7-3-2-4-8-21)28(37)34-24-14-12-22(13-15-24)27-29(38)36(18-26-11-6-16-40-26)30(42-27)35-25-10-5-9-23(32)17-25/h2-5,7-10,12-15,17,20,26-27H,6,11,16,18-19H2,1H3,(H,33,39)(H,34,37)/t20-,26?,27?/m0/s1. The lowest BCUT2D eigenvalue weighted by Crippen LogP contribution is -2.41. The molecular formula is C31H31FN4O5S. The van der Waals surface area contributed by atoms with Gasteiger partial charge in [-0.3, -0.25) is 14.5 Å². The van der Waals surface area contributed by atoms with Gasteiger partial charge in [0.2, 0.25) is 11.8 Å². The van der Waals surface area contributed by atoms with Crippen molar-refractivity contribution in [3.63, 3.8) is 0 Å². The maximum absolute atomic E-state index is 13.8. The van der Waals surface area contributed by atoms with Crippen LogP contribution in [0.4, 0.5) is 20.6 Å². The second kappa shape index (κ2) is 13.6. The summed E-state index contributed by atoms with van der Waals surface area (Å²) in [5.74, 6) is -0.952. The number of aliphatic imine (C=N–C) groups is 1. The van der Waals surface area contributed by atoms with E-state index in [2.05, 4.69) is 15.6 Å². The molecule has 2 aliphatic rings. The third-order valence-corrected chi connectivity index (χ3v) is 8.04. The number of halogens is 1. The van der Waals surface area contributed by atoms with E-state index in [1.807, 2.05) is 30.3 Å². The number of amides is 3. The molecule has 5 rings (SSSR count). The number of carbonyl (C=O) groups is 3. The van der Waals surface area contributed by atoms with E-state index in [0.717, 1.165) is 24.0 Å². The van der Waals surface area contributed by atoms with Gasteiger partial charge in [0.1, 0.15) is 23.7 Å². The predicted molar refractivity (Wildman–Crippen MR) is 159 cm³/mol. The topological polar surface area (TPSA) is 109 Å². The largest absolute Gasteiger partial charge is 0.445 e. The van der Waals surface area contributed by atoms with Crippen molar-refractivity contribution in [2.45, 2.75) is 43.8 Å². The molecule has 0 saturated carbocycles. The highest BCUT2D eigenvalue weighted by Crippen LogP contribution is 2.41. The van der Waals surface area contributed by atoms with Crippen molar-refractivity contribution in [3.8, 4) is 0 Å². The minimum atomic E-state index is -0.840. The van der Waals surface area contributed by atoms with Crippen LogP contribution < -0.4 is 10.6 Å². The van der Waals surface area contributed by atoms with Crippen molar-refractivity contribution in [3.05, 3.63) is 95.8 Å². The summed E-state index contributed by atoms with van der Waals surface area (Å²) in [6.45, 7) is 2.70. The van der Waals surface area contributed by atoms with E-state index in [1.54, 1.807) is 48.2 Å². The van der Waals surface area contributed by atoms with Gasteiger partial charge in [-0.05, 0) is 61.2 Å². The number of hydrogen-bond donors (Lipinski definition) is 2. The lowest BCUT2D eigenvalue weighted by Gasteiger charge is -2.20. The van der Waals surface area contributed by atoms with Gasteiger partial charge in [0.05, 0.1) is 18.3 Å². The molecule has 0 spiro atoms. The molecule has 3 atom stereocenters. The second-order valence-corrected chi connectivity index (χ2v) is 11.1. The summed E-state index contributed by atoms with van der Waals surface area (Å²) in [5, 5.41) is 5.22. The molecule has 2 N–H and O–H groups in total. The molecule has 3 amide bonds. The highest BCUT2D eigenvalue weighted by atomic mass is 32.2. The number of ether oxygens (including phenoxy) is 2. The van der Waals surface area contributed by atoms with Crippen LogP contribution in [0.5, 0.6) is 0 Å². The predicted octanol–water partition coefficient (Wildman–Crippen LogP) is 5.56. The first kappa shape index (κ1) is 29.3. The van der Waals surface area contributed by atoms with Crippen LogP contribution >= 0.6 is 11.8 Å². The van der Waals surface area contributed by atoms with Crippen molar-refractivity contribution in [1.82, 2.24) is 10.2 Å². The molecule has 11 heteroatoms. The summed E-state index contributed by atoms with van der Waals surface area (Å²) in [6, 6.07) is 21.3. The fraction of sp³-hybridized carbons (Fsp3) is 0.290. The number of amidine groups is 1. The Balaban J connectivity index is 1.21. The molecule has 2 aliphatic heterocycles. The summed E-state index contributed by atoms with van der Waals surface area (Å²) < 4.78 is 24.7. The lowest BCUT2D eigenvalue weighted by atomic mass is 10.1. The Morgan fingerprint density at radius 3 is 2.62 bits per heavy atom. The van der Waals surface area contributed by atoms with Crippen molar-refractivity contribution >= 4 is 46.2 Å². The first-order valence-electron chi connectivity index (χ1n) is 13.7. The number of benzene rings is 3. The van der Waals surface area contributed by atoms with Gasteiger partial charge in [-0.25, -0.2) is 14.2 Å². The minimum absolute atomic E-state index is 0.0742. The van der Waals surface area contributed by atoms with Gasteiger partial charge < -0.3 is 20.1 Å². The summed E-state index contributed by atoms with van der Waals surface area (Å²) in [4.78, 5) is 44.5. The number of anilines is 1. The van der Waals surface area contributed by atoms with Gasteiger partial charge in [0, 0.05) is 12.3 Å². The van der Waals surface area contributed by atoms with Gasteiger partial charge in [-0.2, -0.15) is 0 Å². The minimum Gasteiger partial charge on any atom is -0.445 e. The molecule has 2 fully saturated rings. The molecule has 2 heterocycles. The molecule has 218 valence electrons. The monoisotopic (exact) mass is 590 g/mol. The third kappa shape index (κ3) is 7.54. The number of thioether (sulfide) groups is 1. The van der Waals surface area contributed by atoms with E-state index in [-0.39, 0.29) is 18.6 Å². The molecule has 2 unspecified atom stereocenters. The smallest absolute Gasteiger partial charge is 0.408 e. The van der Waals surface area contributed by atoms with E-state index in [1.165, 1.54) is 23.9 Å². The Labute approximate surface area is 247 Å². The summed E-state index contributed by atoms with van der Waals surface area (Å²) in [6.07, 6.45) is 1.03. The van der Waals surface area contributed by atoms with Crippen LogP contribution in [-0.4, -0.2) is 53.3 Å². The Hall–Kier alpha value is -4.22. The summed E-state index contributed by atoms with van der Waals surface area (Å²) in [5.41, 5.74) is 2.51. The molecule has 0 aliphatic carbocycles. The lowest BCUT2D eigenvalue weighted by molar-refractivity contribution is -0.127. The molecule has 0 bridgehead atoms. The van der Waals surface area contributed by atoms with Crippen LogP contribution in [0.25, 0.3) is 0 Å². The van der Waals surface area contributed by atoms with E-state index >= 15 is 0 Å². The Morgan fingerprint density at radius 2 is 1.90 bits per heavy atom. The average molecular weight is 591 g/mol. The highest BCUT2D eigenvalue weighted by Gasteiger charge is 2.40. The summed E-state index contributed by atoms with van der Waals surface area (Å²) >= 11 is 1.30. The Bertz CT molecular complexity index is 1450. The molecular weight excluding hydrogens is 559 g/mol. The van der Waals surface area contributed by atoms with Crippen molar-refractivity contribution in [2.24, 2.45) is 4.99 Å². The van der Waals surface area contributed by atoms with Gasteiger partial charge in [-0.15, -0.1) is 0 Å². The summed E-state index contributed by atoms with van der Waals surface area (Å²) in [7, 11) is 0.